The number of halogens is 1. The molecular weight excluding hydrogens is 396 g/mol. The van der Waals surface area contributed by atoms with E-state index >= 15 is 0 Å². The van der Waals surface area contributed by atoms with E-state index in [1.165, 1.54) is 6.20 Å². The van der Waals surface area contributed by atoms with Crippen molar-refractivity contribution in [1.29, 1.82) is 0 Å². The summed E-state index contributed by atoms with van der Waals surface area (Å²) in [6.07, 6.45) is 1.50. The molecule has 0 fully saturated rings. The van der Waals surface area contributed by atoms with Gasteiger partial charge in [0.15, 0.2) is 0 Å². The van der Waals surface area contributed by atoms with Gasteiger partial charge in [-0.25, -0.2) is 4.52 Å². The first kappa shape index (κ1) is 16.5. The van der Waals surface area contributed by atoms with E-state index in [1.54, 1.807) is 28.6 Å². The lowest BCUT2D eigenvalue weighted by atomic mass is 10.2. The molecule has 4 rings (SSSR count). The van der Waals surface area contributed by atoms with E-state index in [4.69, 9.17) is 0 Å². The van der Waals surface area contributed by atoms with Crippen molar-refractivity contribution in [3.63, 3.8) is 0 Å². The highest BCUT2D eigenvalue weighted by Crippen LogP contribution is 2.17. The molecule has 4 aromatic rings. The van der Waals surface area contributed by atoms with Crippen molar-refractivity contribution in [3.8, 4) is 0 Å². The Morgan fingerprint density at radius 3 is 2.69 bits per heavy atom. The minimum absolute atomic E-state index is 0.200. The van der Waals surface area contributed by atoms with Gasteiger partial charge in [0.05, 0.1) is 17.1 Å². The fourth-order valence-electron chi connectivity index (χ4n) is 2.97. The van der Waals surface area contributed by atoms with Gasteiger partial charge in [-0.2, -0.15) is 5.10 Å². The van der Waals surface area contributed by atoms with Gasteiger partial charge in [0, 0.05) is 18.1 Å². The summed E-state index contributed by atoms with van der Waals surface area (Å²) >= 11 is 3.40. The molecule has 0 aliphatic carbocycles. The zero-order chi connectivity index (χ0) is 18.3. The number of aromatic nitrogens is 3. The molecule has 0 aliphatic rings. The van der Waals surface area contributed by atoms with Crippen molar-refractivity contribution in [1.82, 2.24) is 19.5 Å². The van der Waals surface area contributed by atoms with Gasteiger partial charge in [-0.3, -0.25) is 9.59 Å². The molecule has 0 bridgehead atoms. The van der Waals surface area contributed by atoms with Gasteiger partial charge in [-0.05, 0) is 29.8 Å². The molecule has 0 saturated carbocycles. The zero-order valence-corrected chi connectivity index (χ0v) is 15.5. The number of nitrogens with zero attached hydrogens (tertiary/aromatic N) is 3. The highest BCUT2D eigenvalue weighted by Gasteiger charge is 2.19. The zero-order valence-electron chi connectivity index (χ0n) is 13.9. The van der Waals surface area contributed by atoms with Crippen LogP contribution >= 0.6 is 15.9 Å². The largest absolute Gasteiger partial charge is 0.337 e. The second-order valence-corrected chi connectivity index (χ2v) is 6.99. The summed E-state index contributed by atoms with van der Waals surface area (Å²) in [5, 5.41) is 4.84. The highest BCUT2D eigenvalue weighted by molar-refractivity contribution is 9.10. The van der Waals surface area contributed by atoms with E-state index in [9.17, 15) is 9.59 Å². The molecule has 2 aromatic carbocycles. The van der Waals surface area contributed by atoms with E-state index < -0.39 is 0 Å². The molecule has 0 spiro atoms. The molecule has 0 atom stereocenters. The predicted octanol–water partition coefficient (Wildman–Crippen LogP) is 3.21. The SMILES string of the molecule is CN(Cc1ccc(Br)cc1)C(=O)c1cnn2c1[nH]c(=O)c1ccccc12. The Kier molecular flexibility index (Phi) is 4.08. The first-order chi connectivity index (χ1) is 12.5. The van der Waals surface area contributed by atoms with Gasteiger partial charge in [-0.1, -0.05) is 40.2 Å². The Morgan fingerprint density at radius 1 is 1.19 bits per heavy atom. The third-order valence-electron chi connectivity index (χ3n) is 4.29. The average Bonchev–Trinajstić information content (AvgIpc) is 3.07. The number of para-hydroxylation sites is 1. The number of aromatic amines is 1. The molecular formula is C19H15BrN4O2. The lowest BCUT2D eigenvalue weighted by Gasteiger charge is -2.16. The van der Waals surface area contributed by atoms with E-state index in [2.05, 4.69) is 26.0 Å². The Hall–Kier alpha value is -2.93. The van der Waals surface area contributed by atoms with Crippen molar-refractivity contribution < 1.29 is 4.79 Å². The third kappa shape index (κ3) is 2.80. The number of fused-ring (bicyclic) bond motifs is 3. The van der Waals surface area contributed by atoms with Gasteiger partial charge < -0.3 is 9.88 Å². The second-order valence-electron chi connectivity index (χ2n) is 6.08. The van der Waals surface area contributed by atoms with Crippen molar-refractivity contribution in [2.24, 2.45) is 0 Å². The predicted molar refractivity (Wildman–Crippen MR) is 103 cm³/mol. The number of carbonyl (C=O) groups excluding carboxylic acids is 1. The fourth-order valence-corrected chi connectivity index (χ4v) is 3.24. The Bertz CT molecular complexity index is 1180. The lowest BCUT2D eigenvalue weighted by Crippen LogP contribution is -2.26. The van der Waals surface area contributed by atoms with Crippen LogP contribution in [0.2, 0.25) is 0 Å². The number of nitrogens with one attached hydrogen (secondary N) is 1. The molecule has 1 N–H and O–H groups in total. The van der Waals surface area contributed by atoms with Crippen molar-refractivity contribution >= 4 is 38.4 Å². The van der Waals surface area contributed by atoms with Crippen LogP contribution in [0.15, 0.2) is 64.0 Å². The summed E-state index contributed by atoms with van der Waals surface area (Å²) < 4.78 is 2.58. The van der Waals surface area contributed by atoms with Crippen molar-refractivity contribution in [2.45, 2.75) is 6.54 Å². The standard InChI is InChI=1S/C19H15BrN4O2/c1-23(11-12-6-8-13(20)9-7-12)19(26)15-10-21-24-16-5-3-2-4-14(16)18(25)22-17(15)24/h2-10H,11H2,1H3,(H,22,25). The van der Waals surface area contributed by atoms with E-state index in [0.717, 1.165) is 10.0 Å². The maximum absolute atomic E-state index is 12.9. The van der Waals surface area contributed by atoms with Gasteiger partial charge >= 0.3 is 0 Å². The fraction of sp³-hybridized carbons (Fsp3) is 0.105. The van der Waals surface area contributed by atoms with E-state index in [0.29, 0.717) is 28.7 Å². The molecule has 2 aromatic heterocycles. The summed E-state index contributed by atoms with van der Waals surface area (Å²) in [5.41, 5.74) is 2.22. The van der Waals surface area contributed by atoms with Crippen LogP contribution < -0.4 is 5.56 Å². The van der Waals surface area contributed by atoms with Gasteiger partial charge in [0.2, 0.25) is 0 Å². The molecule has 7 heteroatoms. The molecule has 130 valence electrons. The molecule has 26 heavy (non-hydrogen) atoms. The average molecular weight is 411 g/mol. The van der Waals surface area contributed by atoms with Crippen molar-refractivity contribution in [3.05, 3.63) is 80.7 Å². The van der Waals surface area contributed by atoms with Crippen LogP contribution in [-0.2, 0) is 6.54 Å². The molecule has 2 heterocycles. The Labute approximate surface area is 157 Å². The summed E-state index contributed by atoms with van der Waals surface area (Å²) in [6.45, 7) is 0.460. The molecule has 0 unspecified atom stereocenters. The Morgan fingerprint density at radius 2 is 1.92 bits per heavy atom. The second kappa shape index (κ2) is 6.42. The number of H-pyrrole nitrogens is 1. The molecule has 1 amide bonds. The highest BCUT2D eigenvalue weighted by atomic mass is 79.9. The first-order valence-electron chi connectivity index (χ1n) is 8.03. The van der Waals surface area contributed by atoms with Crippen LogP contribution in [0.4, 0.5) is 0 Å². The van der Waals surface area contributed by atoms with E-state index in [-0.39, 0.29) is 11.5 Å². The van der Waals surface area contributed by atoms with E-state index in [1.807, 2.05) is 36.4 Å². The summed E-state index contributed by atoms with van der Waals surface area (Å²) in [4.78, 5) is 29.6. The minimum Gasteiger partial charge on any atom is -0.337 e. The molecule has 0 saturated heterocycles. The summed E-state index contributed by atoms with van der Waals surface area (Å²) in [6, 6.07) is 15.0. The Balaban J connectivity index is 1.73. The maximum Gasteiger partial charge on any atom is 0.259 e. The molecule has 0 radical (unpaired) electrons. The lowest BCUT2D eigenvalue weighted by molar-refractivity contribution is 0.0787. The van der Waals surface area contributed by atoms with Crippen LogP contribution in [0.25, 0.3) is 16.6 Å². The summed E-state index contributed by atoms with van der Waals surface area (Å²) in [7, 11) is 1.73. The monoisotopic (exact) mass is 410 g/mol. The normalized spacial score (nSPS) is 11.2. The van der Waals surface area contributed by atoms with Gasteiger partial charge in [-0.15, -0.1) is 0 Å². The minimum atomic E-state index is -0.238. The number of amides is 1. The van der Waals surface area contributed by atoms with Crippen LogP contribution in [-0.4, -0.2) is 32.5 Å². The molecule has 6 nitrogen and oxygen atoms in total. The number of carbonyl (C=O) groups is 1. The van der Waals surface area contributed by atoms with Crippen LogP contribution in [0, 0.1) is 0 Å². The smallest absolute Gasteiger partial charge is 0.259 e. The topological polar surface area (TPSA) is 70.5 Å². The first-order valence-corrected chi connectivity index (χ1v) is 8.82. The van der Waals surface area contributed by atoms with Crippen LogP contribution in [0.1, 0.15) is 15.9 Å². The molecule has 0 aliphatic heterocycles. The quantitative estimate of drug-likeness (QED) is 0.563. The third-order valence-corrected chi connectivity index (χ3v) is 4.82. The van der Waals surface area contributed by atoms with Crippen molar-refractivity contribution in [2.75, 3.05) is 7.05 Å². The van der Waals surface area contributed by atoms with Crippen LogP contribution in [0.5, 0.6) is 0 Å². The summed E-state index contributed by atoms with van der Waals surface area (Å²) in [5.74, 6) is -0.200. The van der Waals surface area contributed by atoms with Crippen LogP contribution in [0.3, 0.4) is 0 Å². The van der Waals surface area contributed by atoms with Gasteiger partial charge in [0.25, 0.3) is 11.5 Å². The maximum atomic E-state index is 12.9. The van der Waals surface area contributed by atoms with Gasteiger partial charge in [0.1, 0.15) is 11.2 Å². The number of benzene rings is 2. The number of hydrogen-bond acceptors (Lipinski definition) is 3. The number of hydrogen-bond donors (Lipinski definition) is 1. The number of rotatable bonds is 3.